The molecule has 21 heavy (non-hydrogen) atoms. The number of furan rings is 1. The van der Waals surface area contributed by atoms with Crippen molar-refractivity contribution in [3.63, 3.8) is 0 Å². The second-order valence-corrected chi connectivity index (χ2v) is 5.50. The van der Waals surface area contributed by atoms with Crippen molar-refractivity contribution in [1.29, 1.82) is 0 Å². The van der Waals surface area contributed by atoms with Crippen LogP contribution < -0.4 is 5.32 Å². The smallest absolute Gasteiger partial charge is 0.152 e. The van der Waals surface area contributed by atoms with Gasteiger partial charge in [0, 0.05) is 17.1 Å². The van der Waals surface area contributed by atoms with E-state index in [1.165, 1.54) is 0 Å². The molecule has 0 saturated carbocycles. The van der Waals surface area contributed by atoms with Crippen LogP contribution >= 0.6 is 23.2 Å². The normalized spacial score (nSPS) is 10.8. The van der Waals surface area contributed by atoms with Gasteiger partial charge in [0.1, 0.15) is 11.5 Å². The molecule has 4 nitrogen and oxygen atoms in total. The highest BCUT2D eigenvalue weighted by Gasteiger charge is 2.11. The van der Waals surface area contributed by atoms with Crippen LogP contribution in [0.1, 0.15) is 11.3 Å². The predicted octanol–water partition coefficient (Wildman–Crippen LogP) is 4.90. The van der Waals surface area contributed by atoms with Crippen LogP contribution in [0.2, 0.25) is 10.0 Å². The van der Waals surface area contributed by atoms with Gasteiger partial charge >= 0.3 is 0 Å². The van der Waals surface area contributed by atoms with Crippen molar-refractivity contribution in [3.8, 4) is 11.5 Å². The molecule has 2 aromatic heterocycles. The molecule has 0 saturated heterocycles. The molecule has 3 rings (SSSR count). The topological polar surface area (TPSA) is 53.9 Å². The predicted molar refractivity (Wildman–Crippen MR) is 84.8 cm³/mol. The van der Waals surface area contributed by atoms with Crippen LogP contribution in [0, 0.1) is 6.92 Å². The third-order valence-corrected chi connectivity index (χ3v) is 3.65. The van der Waals surface area contributed by atoms with Crippen molar-refractivity contribution in [2.24, 2.45) is 0 Å². The van der Waals surface area contributed by atoms with Gasteiger partial charge < -0.3 is 9.73 Å². The van der Waals surface area contributed by atoms with E-state index in [1.807, 2.05) is 25.1 Å². The maximum atomic E-state index is 6.14. The highest BCUT2D eigenvalue weighted by atomic mass is 35.5. The Kier molecular flexibility index (Phi) is 3.90. The lowest BCUT2D eigenvalue weighted by Crippen LogP contribution is -2.00. The number of halogens is 2. The van der Waals surface area contributed by atoms with Crippen molar-refractivity contribution >= 4 is 28.9 Å². The first kappa shape index (κ1) is 14.0. The summed E-state index contributed by atoms with van der Waals surface area (Å²) in [6, 6.07) is 9.19. The summed E-state index contributed by atoms with van der Waals surface area (Å²) in [7, 11) is 0. The molecule has 0 unspecified atom stereocenters. The van der Waals surface area contributed by atoms with E-state index >= 15 is 0 Å². The van der Waals surface area contributed by atoms with Gasteiger partial charge in [-0.1, -0.05) is 23.2 Å². The van der Waals surface area contributed by atoms with E-state index in [0.717, 1.165) is 28.5 Å². The van der Waals surface area contributed by atoms with Crippen LogP contribution in [0.25, 0.3) is 11.5 Å². The molecule has 1 aromatic carbocycles. The zero-order valence-electron chi connectivity index (χ0n) is 11.3. The molecule has 6 heteroatoms. The van der Waals surface area contributed by atoms with Crippen molar-refractivity contribution < 1.29 is 4.42 Å². The number of hydrogen-bond acceptors (Lipinski definition) is 3. The van der Waals surface area contributed by atoms with Gasteiger partial charge in [-0.05, 0) is 37.3 Å². The largest absolute Gasteiger partial charge is 0.460 e. The standard InChI is InChI=1S/C15H13Cl2N3O/c1-9-2-5-14(21-9)15-10(8-19-20-15)7-18-13-4-3-11(16)6-12(13)17/h2-6,8,18H,7H2,1H3,(H,19,20). The average Bonchev–Trinajstić information content (AvgIpc) is 3.06. The number of aromatic amines is 1. The minimum absolute atomic E-state index is 0.576. The van der Waals surface area contributed by atoms with Gasteiger partial charge in [-0.25, -0.2) is 0 Å². The molecule has 0 bridgehead atoms. The number of nitrogens with one attached hydrogen (secondary N) is 2. The molecule has 0 aliphatic rings. The first-order valence-electron chi connectivity index (χ1n) is 6.41. The first-order valence-corrected chi connectivity index (χ1v) is 7.17. The summed E-state index contributed by atoms with van der Waals surface area (Å²) in [5.41, 5.74) is 2.68. The number of hydrogen-bond donors (Lipinski definition) is 2. The van der Waals surface area contributed by atoms with Crippen LogP contribution in [0.15, 0.2) is 40.9 Å². The zero-order chi connectivity index (χ0) is 14.8. The third-order valence-electron chi connectivity index (χ3n) is 3.11. The lowest BCUT2D eigenvalue weighted by atomic mass is 10.2. The van der Waals surface area contributed by atoms with Crippen molar-refractivity contribution in [1.82, 2.24) is 10.2 Å². The summed E-state index contributed by atoms with van der Waals surface area (Å²) in [6.45, 7) is 2.48. The molecule has 0 spiro atoms. The molecule has 2 N–H and O–H groups in total. The molecular weight excluding hydrogens is 309 g/mol. The minimum Gasteiger partial charge on any atom is -0.460 e. The van der Waals surface area contributed by atoms with Gasteiger partial charge in [0.15, 0.2) is 5.76 Å². The number of aromatic nitrogens is 2. The Morgan fingerprint density at radius 3 is 2.81 bits per heavy atom. The van der Waals surface area contributed by atoms with Crippen molar-refractivity contribution in [2.45, 2.75) is 13.5 Å². The fourth-order valence-electron chi connectivity index (χ4n) is 2.05. The first-order chi connectivity index (χ1) is 10.1. The molecule has 0 aliphatic heterocycles. The monoisotopic (exact) mass is 321 g/mol. The lowest BCUT2D eigenvalue weighted by Gasteiger charge is -2.08. The molecule has 0 fully saturated rings. The molecule has 3 aromatic rings. The Morgan fingerprint density at radius 2 is 2.10 bits per heavy atom. The Labute approximate surface area is 132 Å². The Hall–Kier alpha value is -1.91. The lowest BCUT2D eigenvalue weighted by molar-refractivity contribution is 0.545. The molecule has 108 valence electrons. The van der Waals surface area contributed by atoms with Crippen LogP contribution in [0.3, 0.4) is 0 Å². The second-order valence-electron chi connectivity index (χ2n) is 4.66. The number of rotatable bonds is 4. The SMILES string of the molecule is Cc1ccc(-c2[nH]ncc2CNc2ccc(Cl)cc2Cl)o1. The van der Waals surface area contributed by atoms with E-state index < -0.39 is 0 Å². The van der Waals surface area contributed by atoms with Crippen LogP contribution in [-0.2, 0) is 6.54 Å². The van der Waals surface area contributed by atoms with E-state index in [4.69, 9.17) is 27.6 Å². The van der Waals surface area contributed by atoms with Gasteiger partial charge in [-0.15, -0.1) is 0 Å². The number of nitrogens with zero attached hydrogens (tertiary/aromatic N) is 1. The number of aryl methyl sites for hydroxylation is 1. The fraction of sp³-hybridized carbons (Fsp3) is 0.133. The van der Waals surface area contributed by atoms with Gasteiger partial charge in [0.25, 0.3) is 0 Å². The van der Waals surface area contributed by atoms with Crippen molar-refractivity contribution in [3.05, 3.63) is 57.9 Å². The van der Waals surface area contributed by atoms with E-state index in [2.05, 4.69) is 15.5 Å². The fourth-order valence-corrected chi connectivity index (χ4v) is 2.53. The molecule has 0 aliphatic carbocycles. The Morgan fingerprint density at radius 1 is 1.24 bits per heavy atom. The van der Waals surface area contributed by atoms with Gasteiger partial charge in [0.05, 0.1) is 16.9 Å². The van der Waals surface area contributed by atoms with Crippen LogP contribution in [-0.4, -0.2) is 10.2 Å². The molecule has 0 atom stereocenters. The minimum atomic E-state index is 0.576. The Balaban J connectivity index is 1.79. The maximum Gasteiger partial charge on any atom is 0.152 e. The number of benzene rings is 1. The maximum absolute atomic E-state index is 6.14. The molecule has 2 heterocycles. The summed E-state index contributed by atoms with van der Waals surface area (Å²) in [5.74, 6) is 1.63. The van der Waals surface area contributed by atoms with E-state index in [0.29, 0.717) is 16.6 Å². The van der Waals surface area contributed by atoms with Crippen molar-refractivity contribution in [2.75, 3.05) is 5.32 Å². The highest BCUT2D eigenvalue weighted by molar-refractivity contribution is 6.36. The third kappa shape index (κ3) is 3.06. The average molecular weight is 322 g/mol. The molecule has 0 radical (unpaired) electrons. The van der Waals surface area contributed by atoms with E-state index in [1.54, 1.807) is 18.3 Å². The Bertz CT molecular complexity index is 764. The summed E-state index contributed by atoms with van der Waals surface area (Å²) in [6.07, 6.45) is 1.77. The van der Waals surface area contributed by atoms with Crippen LogP contribution in [0.5, 0.6) is 0 Å². The van der Waals surface area contributed by atoms with Gasteiger partial charge in [-0.2, -0.15) is 5.10 Å². The highest BCUT2D eigenvalue weighted by Crippen LogP contribution is 2.27. The van der Waals surface area contributed by atoms with Gasteiger partial charge in [-0.3, -0.25) is 5.10 Å². The summed E-state index contributed by atoms with van der Waals surface area (Å²) < 4.78 is 5.62. The number of anilines is 1. The summed E-state index contributed by atoms with van der Waals surface area (Å²) >= 11 is 12.0. The summed E-state index contributed by atoms with van der Waals surface area (Å²) in [5, 5.41) is 11.5. The van der Waals surface area contributed by atoms with E-state index in [9.17, 15) is 0 Å². The second kappa shape index (κ2) is 5.84. The summed E-state index contributed by atoms with van der Waals surface area (Å²) in [4.78, 5) is 0. The van der Waals surface area contributed by atoms with E-state index in [-0.39, 0.29) is 0 Å². The molecular formula is C15H13Cl2N3O. The quantitative estimate of drug-likeness (QED) is 0.718. The molecule has 0 amide bonds. The van der Waals surface area contributed by atoms with Gasteiger partial charge in [0.2, 0.25) is 0 Å². The number of H-pyrrole nitrogens is 1. The zero-order valence-corrected chi connectivity index (χ0v) is 12.8. The van der Waals surface area contributed by atoms with Crippen LogP contribution in [0.4, 0.5) is 5.69 Å².